The lowest BCUT2D eigenvalue weighted by Gasteiger charge is -2.38. The Morgan fingerprint density at radius 2 is 1.52 bits per heavy atom. The summed E-state index contributed by atoms with van der Waals surface area (Å²) in [4.78, 5) is 24.1. The van der Waals surface area contributed by atoms with Gasteiger partial charge in [0.05, 0.1) is 18.2 Å². The Labute approximate surface area is 168 Å². The number of urea groups is 1. The maximum Gasteiger partial charge on any atom is 0.460 e. The summed E-state index contributed by atoms with van der Waals surface area (Å²) < 4.78 is 126. The minimum absolute atomic E-state index is 0.139. The number of amides is 2. The number of carbonyl (C=O) groups is 2. The molecule has 2 amide bonds. The molecule has 1 aliphatic heterocycles. The lowest BCUT2D eigenvalue weighted by atomic mass is 9.90. The first-order valence-corrected chi connectivity index (χ1v) is 8.34. The SMILES string of the molecule is CCOC(=O)C1=C(C(F)(F)C(F)(F)C(F)(F)C(F)(F)F)NC(=O)NC1c1ccccc1. The molecule has 0 spiro atoms. The number of halogens is 9. The average Bonchev–Trinajstić information content (AvgIpc) is 2.66. The second kappa shape index (κ2) is 7.96. The number of alkyl halides is 9. The molecule has 0 aromatic heterocycles. The summed E-state index contributed by atoms with van der Waals surface area (Å²) >= 11 is 0. The molecule has 0 fully saturated rings. The van der Waals surface area contributed by atoms with Crippen LogP contribution in [0.1, 0.15) is 18.5 Å². The molecular weight excluding hydrogens is 451 g/mol. The van der Waals surface area contributed by atoms with Gasteiger partial charge in [0, 0.05) is 0 Å². The molecule has 1 aliphatic rings. The third-order valence-electron chi connectivity index (χ3n) is 4.16. The summed E-state index contributed by atoms with van der Waals surface area (Å²) in [6.07, 6.45) is -7.07. The molecule has 14 heteroatoms. The summed E-state index contributed by atoms with van der Waals surface area (Å²) in [5.74, 6) is -22.4. The standard InChI is InChI=1S/C17H13F9N2O3/c1-2-31-12(29)9-10(8-6-4-3-5-7-8)27-13(30)28-11(9)14(18,19)15(20,21)16(22,23)17(24,25)26/h3-7,10H,2H2,1H3,(H2,27,28,30). The highest BCUT2D eigenvalue weighted by atomic mass is 19.4. The van der Waals surface area contributed by atoms with Crippen molar-refractivity contribution in [1.82, 2.24) is 10.6 Å². The topological polar surface area (TPSA) is 67.4 Å². The Morgan fingerprint density at radius 3 is 2.00 bits per heavy atom. The van der Waals surface area contributed by atoms with Gasteiger partial charge in [0.25, 0.3) is 0 Å². The highest BCUT2D eigenvalue weighted by Crippen LogP contribution is 2.55. The van der Waals surface area contributed by atoms with Gasteiger partial charge >= 0.3 is 35.9 Å². The molecule has 1 heterocycles. The van der Waals surface area contributed by atoms with Gasteiger partial charge in [-0.15, -0.1) is 0 Å². The molecule has 0 radical (unpaired) electrons. The molecule has 2 rings (SSSR count). The molecule has 0 saturated heterocycles. The van der Waals surface area contributed by atoms with Crippen LogP contribution in [0, 0.1) is 0 Å². The monoisotopic (exact) mass is 464 g/mol. The molecule has 1 aromatic carbocycles. The number of hydrogen-bond donors (Lipinski definition) is 2. The second-order valence-corrected chi connectivity index (χ2v) is 6.17. The Morgan fingerprint density at radius 1 is 0.968 bits per heavy atom. The fourth-order valence-electron chi connectivity index (χ4n) is 2.67. The summed E-state index contributed by atoms with van der Waals surface area (Å²) in [6, 6.07) is 2.79. The number of nitrogens with one attached hydrogen (secondary N) is 2. The van der Waals surface area contributed by atoms with Crippen molar-refractivity contribution in [2.45, 2.75) is 36.9 Å². The number of allylic oxidation sites excluding steroid dienone is 1. The average molecular weight is 464 g/mol. The van der Waals surface area contributed by atoms with Gasteiger partial charge in [-0.2, -0.15) is 39.5 Å². The fourth-order valence-corrected chi connectivity index (χ4v) is 2.67. The lowest BCUT2D eigenvalue weighted by molar-refractivity contribution is -0.390. The van der Waals surface area contributed by atoms with E-state index in [4.69, 9.17) is 0 Å². The van der Waals surface area contributed by atoms with Crippen LogP contribution in [0.2, 0.25) is 0 Å². The summed E-state index contributed by atoms with van der Waals surface area (Å²) in [7, 11) is 0. The first-order valence-electron chi connectivity index (χ1n) is 8.34. The van der Waals surface area contributed by atoms with Crippen molar-refractivity contribution < 1.29 is 53.8 Å². The van der Waals surface area contributed by atoms with Gasteiger partial charge in [-0.25, -0.2) is 9.59 Å². The van der Waals surface area contributed by atoms with E-state index in [2.05, 4.69) is 4.74 Å². The van der Waals surface area contributed by atoms with Crippen molar-refractivity contribution >= 4 is 12.0 Å². The lowest BCUT2D eigenvalue weighted by Crippen LogP contribution is -2.64. The second-order valence-electron chi connectivity index (χ2n) is 6.17. The maximum absolute atomic E-state index is 14.6. The highest BCUT2D eigenvalue weighted by molar-refractivity contribution is 5.95. The van der Waals surface area contributed by atoms with Crippen LogP contribution in [0.5, 0.6) is 0 Å². The van der Waals surface area contributed by atoms with Crippen LogP contribution in [-0.2, 0) is 9.53 Å². The molecule has 31 heavy (non-hydrogen) atoms. The third-order valence-corrected chi connectivity index (χ3v) is 4.16. The molecular formula is C17H13F9N2O3. The van der Waals surface area contributed by atoms with E-state index >= 15 is 0 Å². The van der Waals surface area contributed by atoms with E-state index in [0.717, 1.165) is 17.4 Å². The minimum atomic E-state index is -7.21. The molecule has 0 aliphatic carbocycles. The Bertz CT molecular complexity index is 883. The van der Waals surface area contributed by atoms with E-state index in [0.29, 0.717) is 0 Å². The van der Waals surface area contributed by atoms with Gasteiger partial charge in [0.1, 0.15) is 5.70 Å². The van der Waals surface area contributed by atoms with Crippen LogP contribution in [0.3, 0.4) is 0 Å². The molecule has 172 valence electrons. The number of ether oxygens (including phenoxy) is 1. The Balaban J connectivity index is 2.79. The molecule has 1 unspecified atom stereocenters. The zero-order valence-corrected chi connectivity index (χ0v) is 15.3. The molecule has 1 aromatic rings. The van der Waals surface area contributed by atoms with Crippen LogP contribution < -0.4 is 10.6 Å². The van der Waals surface area contributed by atoms with E-state index in [1.165, 1.54) is 25.1 Å². The smallest absolute Gasteiger partial charge is 0.460 e. The largest absolute Gasteiger partial charge is 0.463 e. The number of benzene rings is 1. The number of esters is 1. The van der Waals surface area contributed by atoms with E-state index in [-0.39, 0.29) is 5.56 Å². The summed E-state index contributed by atoms with van der Waals surface area (Å²) in [6.45, 7) is 0.695. The summed E-state index contributed by atoms with van der Waals surface area (Å²) in [5, 5.41) is 3.02. The summed E-state index contributed by atoms with van der Waals surface area (Å²) in [5.41, 5.74) is -4.03. The predicted molar refractivity (Wildman–Crippen MR) is 85.4 cm³/mol. The van der Waals surface area contributed by atoms with Crippen LogP contribution in [0.15, 0.2) is 41.6 Å². The van der Waals surface area contributed by atoms with E-state index < -0.39 is 59.9 Å². The van der Waals surface area contributed by atoms with Gasteiger partial charge < -0.3 is 15.4 Å². The van der Waals surface area contributed by atoms with Crippen molar-refractivity contribution in [3.63, 3.8) is 0 Å². The van der Waals surface area contributed by atoms with Crippen molar-refractivity contribution in [2.24, 2.45) is 0 Å². The molecule has 2 N–H and O–H groups in total. The third kappa shape index (κ3) is 4.02. The van der Waals surface area contributed by atoms with Crippen molar-refractivity contribution in [1.29, 1.82) is 0 Å². The normalized spacial score (nSPS) is 18.4. The quantitative estimate of drug-likeness (QED) is 0.487. The van der Waals surface area contributed by atoms with Crippen molar-refractivity contribution in [3.8, 4) is 0 Å². The van der Waals surface area contributed by atoms with Crippen molar-refractivity contribution in [3.05, 3.63) is 47.2 Å². The van der Waals surface area contributed by atoms with Crippen LogP contribution in [0.4, 0.5) is 44.3 Å². The Hall–Kier alpha value is -2.93. The number of rotatable bonds is 6. The predicted octanol–water partition coefficient (Wildman–Crippen LogP) is 4.33. The molecule has 5 nitrogen and oxygen atoms in total. The van der Waals surface area contributed by atoms with Crippen LogP contribution in [-0.4, -0.2) is 42.6 Å². The minimum Gasteiger partial charge on any atom is -0.463 e. The molecule has 1 atom stereocenters. The van der Waals surface area contributed by atoms with E-state index in [9.17, 15) is 49.1 Å². The number of carbonyl (C=O) groups excluding carboxylic acids is 2. The molecule has 0 saturated carbocycles. The highest BCUT2D eigenvalue weighted by Gasteiger charge is 2.83. The maximum atomic E-state index is 14.6. The fraction of sp³-hybridized carbons (Fsp3) is 0.412. The Kier molecular flexibility index (Phi) is 6.25. The van der Waals surface area contributed by atoms with E-state index in [1.54, 1.807) is 0 Å². The van der Waals surface area contributed by atoms with Gasteiger partial charge in [-0.1, -0.05) is 30.3 Å². The first kappa shape index (κ1) is 24.3. The zero-order chi connectivity index (χ0) is 23.8. The molecule has 0 bridgehead atoms. The van der Waals surface area contributed by atoms with Gasteiger partial charge in [0.15, 0.2) is 0 Å². The van der Waals surface area contributed by atoms with Gasteiger partial charge in [-0.3, -0.25) is 0 Å². The van der Waals surface area contributed by atoms with Gasteiger partial charge in [-0.05, 0) is 12.5 Å². The first-order chi connectivity index (χ1) is 14.1. The van der Waals surface area contributed by atoms with Crippen molar-refractivity contribution in [2.75, 3.05) is 6.61 Å². The van der Waals surface area contributed by atoms with Crippen LogP contribution in [0.25, 0.3) is 0 Å². The van der Waals surface area contributed by atoms with Gasteiger partial charge in [0.2, 0.25) is 0 Å². The number of hydrogen-bond acceptors (Lipinski definition) is 3. The zero-order valence-electron chi connectivity index (χ0n) is 15.3. The van der Waals surface area contributed by atoms with E-state index in [1.807, 2.05) is 5.32 Å². The van der Waals surface area contributed by atoms with Crippen LogP contribution >= 0.6 is 0 Å².